The van der Waals surface area contributed by atoms with E-state index in [-0.39, 0.29) is 5.91 Å². The van der Waals surface area contributed by atoms with E-state index in [1.54, 1.807) is 28.3 Å². The predicted molar refractivity (Wildman–Crippen MR) is 93.4 cm³/mol. The van der Waals surface area contributed by atoms with Crippen LogP contribution in [0, 0.1) is 0 Å². The monoisotopic (exact) mass is 350 g/mol. The van der Waals surface area contributed by atoms with Gasteiger partial charge in [-0.25, -0.2) is 0 Å². The average Bonchev–Trinajstić information content (AvgIpc) is 3.14. The molecular formula is C16H19ClN4OS. The van der Waals surface area contributed by atoms with Crippen LogP contribution in [-0.2, 0) is 18.4 Å². The van der Waals surface area contributed by atoms with Crippen LogP contribution in [0.25, 0.3) is 6.08 Å². The molecule has 1 aliphatic rings. The molecule has 1 saturated heterocycles. The van der Waals surface area contributed by atoms with Crippen molar-refractivity contribution in [2.75, 3.05) is 26.2 Å². The third-order valence-electron chi connectivity index (χ3n) is 3.84. The van der Waals surface area contributed by atoms with Crippen molar-refractivity contribution in [1.29, 1.82) is 0 Å². The normalized spacial score (nSPS) is 16.3. The summed E-state index contributed by atoms with van der Waals surface area (Å²) in [6.45, 7) is 4.21. The third kappa shape index (κ3) is 4.43. The van der Waals surface area contributed by atoms with Gasteiger partial charge in [-0.15, -0.1) is 11.3 Å². The molecule has 7 heteroatoms. The van der Waals surface area contributed by atoms with Gasteiger partial charge in [0.05, 0.1) is 10.5 Å². The zero-order chi connectivity index (χ0) is 16.2. The van der Waals surface area contributed by atoms with Gasteiger partial charge in [0.15, 0.2) is 0 Å². The Morgan fingerprint density at radius 3 is 2.74 bits per heavy atom. The van der Waals surface area contributed by atoms with Crippen LogP contribution in [0.2, 0.25) is 4.34 Å². The number of carbonyl (C=O) groups is 1. The molecule has 0 radical (unpaired) electrons. The fourth-order valence-corrected chi connectivity index (χ4v) is 3.71. The van der Waals surface area contributed by atoms with Crippen molar-refractivity contribution < 1.29 is 4.79 Å². The second kappa shape index (κ2) is 7.29. The van der Waals surface area contributed by atoms with Crippen molar-refractivity contribution in [3.8, 4) is 0 Å². The van der Waals surface area contributed by atoms with Crippen LogP contribution in [0.15, 0.2) is 30.6 Å². The molecule has 0 spiro atoms. The lowest BCUT2D eigenvalue weighted by molar-refractivity contribution is -0.127. The maximum absolute atomic E-state index is 12.2. The number of hydrogen-bond acceptors (Lipinski definition) is 4. The molecule has 1 fully saturated rings. The molecule has 0 unspecified atom stereocenters. The van der Waals surface area contributed by atoms with Crippen LogP contribution >= 0.6 is 22.9 Å². The summed E-state index contributed by atoms with van der Waals surface area (Å²) in [5.74, 6) is 0.0627. The van der Waals surface area contributed by atoms with Crippen LogP contribution in [0.1, 0.15) is 10.4 Å². The highest BCUT2D eigenvalue weighted by Crippen LogP contribution is 2.23. The molecular weight excluding hydrogens is 332 g/mol. The molecule has 23 heavy (non-hydrogen) atoms. The standard InChI is InChI=1S/C16H19ClN4OS/c1-19-11-13(10-18-19)2-5-16(22)21-8-6-20(7-9-21)12-14-3-4-15(17)23-14/h2-5,10-11H,6-9,12H2,1H3/b5-2+. The first kappa shape index (κ1) is 16.2. The minimum atomic E-state index is 0.0627. The molecule has 1 aliphatic heterocycles. The van der Waals surface area contributed by atoms with E-state index < -0.39 is 0 Å². The van der Waals surface area contributed by atoms with E-state index in [4.69, 9.17) is 11.6 Å². The zero-order valence-electron chi connectivity index (χ0n) is 13.0. The van der Waals surface area contributed by atoms with Crippen LogP contribution in [-0.4, -0.2) is 51.7 Å². The number of hydrogen-bond donors (Lipinski definition) is 0. The van der Waals surface area contributed by atoms with E-state index >= 15 is 0 Å². The van der Waals surface area contributed by atoms with E-state index in [9.17, 15) is 4.79 Å². The summed E-state index contributed by atoms with van der Waals surface area (Å²) in [6, 6.07) is 4.01. The SMILES string of the molecule is Cn1cc(/C=C/C(=O)N2CCN(Cc3ccc(Cl)s3)CC2)cn1. The van der Waals surface area contributed by atoms with Gasteiger partial charge in [0.1, 0.15) is 0 Å². The molecule has 0 bridgehead atoms. The Bertz CT molecular complexity index is 701. The van der Waals surface area contributed by atoms with Gasteiger partial charge in [-0.3, -0.25) is 14.4 Å². The lowest BCUT2D eigenvalue weighted by atomic mass is 10.2. The summed E-state index contributed by atoms with van der Waals surface area (Å²) in [5, 5.41) is 4.08. The first-order chi connectivity index (χ1) is 11.1. The fourth-order valence-electron chi connectivity index (χ4n) is 2.58. The number of aromatic nitrogens is 2. The topological polar surface area (TPSA) is 41.4 Å². The van der Waals surface area contributed by atoms with Gasteiger partial charge >= 0.3 is 0 Å². The van der Waals surface area contributed by atoms with Gasteiger partial charge in [0, 0.05) is 62.5 Å². The van der Waals surface area contributed by atoms with Crippen molar-refractivity contribution >= 4 is 34.9 Å². The summed E-state index contributed by atoms with van der Waals surface area (Å²) in [7, 11) is 1.86. The fraction of sp³-hybridized carbons (Fsp3) is 0.375. The van der Waals surface area contributed by atoms with Crippen LogP contribution in [0.4, 0.5) is 0 Å². The average molecular weight is 351 g/mol. The highest BCUT2D eigenvalue weighted by Gasteiger charge is 2.20. The first-order valence-corrected chi connectivity index (χ1v) is 8.72. The smallest absolute Gasteiger partial charge is 0.246 e. The third-order valence-corrected chi connectivity index (χ3v) is 5.05. The molecule has 2 aromatic heterocycles. The maximum Gasteiger partial charge on any atom is 0.246 e. The number of halogens is 1. The molecule has 3 rings (SSSR count). The van der Waals surface area contributed by atoms with E-state index in [0.29, 0.717) is 0 Å². The maximum atomic E-state index is 12.2. The summed E-state index contributed by atoms with van der Waals surface area (Å²) < 4.78 is 2.55. The molecule has 3 heterocycles. The van der Waals surface area contributed by atoms with Gasteiger partial charge in [-0.1, -0.05) is 11.6 Å². The number of nitrogens with zero attached hydrogens (tertiary/aromatic N) is 4. The first-order valence-electron chi connectivity index (χ1n) is 7.52. The number of thiophene rings is 1. The minimum Gasteiger partial charge on any atom is -0.337 e. The zero-order valence-corrected chi connectivity index (χ0v) is 14.6. The quantitative estimate of drug-likeness (QED) is 0.795. The second-order valence-electron chi connectivity index (χ2n) is 5.59. The van der Waals surface area contributed by atoms with Crippen LogP contribution in [0.3, 0.4) is 0 Å². The highest BCUT2D eigenvalue weighted by atomic mass is 35.5. The molecule has 0 aliphatic carbocycles. The van der Waals surface area contributed by atoms with E-state index in [2.05, 4.69) is 16.1 Å². The van der Waals surface area contributed by atoms with Crippen molar-refractivity contribution in [2.24, 2.45) is 7.05 Å². The molecule has 0 atom stereocenters. The Labute approximate surface area is 144 Å². The summed E-state index contributed by atoms with van der Waals surface area (Å²) >= 11 is 7.58. The molecule has 1 amide bonds. The number of aryl methyl sites for hydroxylation is 1. The Morgan fingerprint density at radius 2 is 2.13 bits per heavy atom. The Balaban J connectivity index is 1.48. The molecule has 5 nitrogen and oxygen atoms in total. The lowest BCUT2D eigenvalue weighted by Crippen LogP contribution is -2.47. The van der Waals surface area contributed by atoms with Gasteiger partial charge < -0.3 is 4.90 Å². The largest absolute Gasteiger partial charge is 0.337 e. The summed E-state index contributed by atoms with van der Waals surface area (Å²) in [5.41, 5.74) is 0.939. The van der Waals surface area contributed by atoms with Crippen LogP contribution < -0.4 is 0 Å². The number of carbonyl (C=O) groups excluding carboxylic acids is 1. The van der Waals surface area contributed by atoms with Gasteiger partial charge in [-0.05, 0) is 18.2 Å². The van der Waals surface area contributed by atoms with E-state index in [1.165, 1.54) is 4.88 Å². The van der Waals surface area contributed by atoms with Crippen molar-refractivity contribution in [1.82, 2.24) is 19.6 Å². The van der Waals surface area contributed by atoms with Crippen LogP contribution in [0.5, 0.6) is 0 Å². The number of rotatable bonds is 4. The molecule has 0 N–H and O–H groups in total. The molecule has 122 valence electrons. The van der Waals surface area contributed by atoms with Crippen molar-refractivity contribution in [2.45, 2.75) is 6.54 Å². The Kier molecular flexibility index (Phi) is 5.15. The predicted octanol–water partition coefficient (Wildman–Crippen LogP) is 2.49. The number of amides is 1. The molecule has 0 saturated carbocycles. The number of piperazine rings is 1. The molecule has 2 aromatic rings. The van der Waals surface area contributed by atoms with Gasteiger partial charge in [-0.2, -0.15) is 5.10 Å². The van der Waals surface area contributed by atoms with E-state index in [0.717, 1.165) is 42.6 Å². The van der Waals surface area contributed by atoms with Gasteiger partial charge in [0.2, 0.25) is 5.91 Å². The Hall–Kier alpha value is -1.63. The highest BCUT2D eigenvalue weighted by molar-refractivity contribution is 7.16. The summed E-state index contributed by atoms with van der Waals surface area (Å²) in [4.78, 5) is 17.7. The minimum absolute atomic E-state index is 0.0627. The van der Waals surface area contributed by atoms with Crippen molar-refractivity contribution in [3.05, 3.63) is 45.4 Å². The summed E-state index contributed by atoms with van der Waals surface area (Å²) in [6.07, 6.45) is 7.07. The molecule has 0 aromatic carbocycles. The second-order valence-corrected chi connectivity index (χ2v) is 7.39. The Morgan fingerprint density at radius 1 is 1.35 bits per heavy atom. The van der Waals surface area contributed by atoms with Crippen molar-refractivity contribution in [3.63, 3.8) is 0 Å². The van der Waals surface area contributed by atoms with Gasteiger partial charge in [0.25, 0.3) is 0 Å². The lowest BCUT2D eigenvalue weighted by Gasteiger charge is -2.33. The van der Waals surface area contributed by atoms with E-state index in [1.807, 2.05) is 30.3 Å².